The van der Waals surface area contributed by atoms with Gasteiger partial charge in [0.15, 0.2) is 0 Å². The number of carbonyl (C=O) groups is 1. The monoisotopic (exact) mass is 155 g/mol. The van der Waals surface area contributed by atoms with E-state index in [1.807, 2.05) is 0 Å². The fraction of sp³-hybridized carbons (Fsp3) is 0.889. The molecule has 0 spiro atoms. The van der Waals surface area contributed by atoms with Crippen LogP contribution in [-0.4, -0.2) is 11.4 Å². The first-order chi connectivity index (χ1) is 5.02. The highest BCUT2D eigenvalue weighted by molar-refractivity contribution is 5.77. The van der Waals surface area contributed by atoms with E-state index >= 15 is 0 Å². The fourth-order valence-corrected chi connectivity index (χ4v) is 1.07. The lowest BCUT2D eigenvalue weighted by Gasteiger charge is -2.12. The van der Waals surface area contributed by atoms with Gasteiger partial charge in [-0.15, -0.1) is 0 Å². The molecule has 1 aliphatic carbocycles. The van der Waals surface area contributed by atoms with Crippen molar-refractivity contribution >= 4 is 5.91 Å². The maximum Gasteiger partial charge on any atom is 0.220 e. The summed E-state index contributed by atoms with van der Waals surface area (Å²) in [5, 5.41) is 3.02. The van der Waals surface area contributed by atoms with Gasteiger partial charge in [0.1, 0.15) is 0 Å². The summed E-state index contributed by atoms with van der Waals surface area (Å²) in [6.45, 7) is 6.23. The quantitative estimate of drug-likeness (QED) is 0.660. The summed E-state index contributed by atoms with van der Waals surface area (Å²) in [6, 6.07) is 0. The van der Waals surface area contributed by atoms with Crippen molar-refractivity contribution in [2.24, 2.45) is 5.92 Å². The average Bonchev–Trinajstić information content (AvgIpc) is 2.44. The zero-order valence-corrected chi connectivity index (χ0v) is 7.61. The van der Waals surface area contributed by atoms with Gasteiger partial charge in [-0.2, -0.15) is 0 Å². The molecule has 0 radical (unpaired) electrons. The molecule has 1 N–H and O–H groups in total. The number of amides is 1. The van der Waals surface area contributed by atoms with E-state index in [1.54, 1.807) is 0 Å². The van der Waals surface area contributed by atoms with E-state index in [4.69, 9.17) is 0 Å². The highest BCUT2D eigenvalue weighted by Gasteiger charge is 2.38. The van der Waals surface area contributed by atoms with Crippen LogP contribution in [0.3, 0.4) is 0 Å². The Balaban J connectivity index is 2.21. The molecule has 1 rings (SSSR count). The van der Waals surface area contributed by atoms with E-state index in [1.165, 1.54) is 0 Å². The lowest BCUT2D eigenvalue weighted by molar-refractivity contribution is -0.122. The molecule has 0 atom stereocenters. The van der Waals surface area contributed by atoms with Gasteiger partial charge in [-0.25, -0.2) is 0 Å². The Bertz CT molecular complexity index is 159. The van der Waals surface area contributed by atoms with Crippen LogP contribution in [0.4, 0.5) is 0 Å². The molecule has 1 fully saturated rings. The van der Waals surface area contributed by atoms with Gasteiger partial charge in [0.25, 0.3) is 0 Å². The Morgan fingerprint density at radius 1 is 1.55 bits per heavy atom. The lowest BCUT2D eigenvalue weighted by Crippen LogP contribution is -2.34. The van der Waals surface area contributed by atoms with Crippen molar-refractivity contribution in [1.29, 1.82) is 0 Å². The second kappa shape index (κ2) is 2.84. The van der Waals surface area contributed by atoms with Gasteiger partial charge in [-0.3, -0.25) is 4.79 Å². The van der Waals surface area contributed by atoms with Gasteiger partial charge in [0, 0.05) is 12.0 Å². The van der Waals surface area contributed by atoms with Gasteiger partial charge in [-0.05, 0) is 25.7 Å². The second-order valence-corrected chi connectivity index (χ2v) is 4.21. The van der Waals surface area contributed by atoms with Crippen LogP contribution in [0.15, 0.2) is 0 Å². The molecule has 1 aliphatic rings. The van der Waals surface area contributed by atoms with Crippen molar-refractivity contribution in [3.05, 3.63) is 0 Å². The van der Waals surface area contributed by atoms with Crippen molar-refractivity contribution < 1.29 is 4.79 Å². The molecule has 64 valence electrons. The Hall–Kier alpha value is -0.530. The smallest absolute Gasteiger partial charge is 0.220 e. The summed E-state index contributed by atoms with van der Waals surface area (Å²) in [5.41, 5.74) is 0.159. The van der Waals surface area contributed by atoms with Crippen LogP contribution < -0.4 is 5.32 Å². The van der Waals surface area contributed by atoms with E-state index in [0.717, 1.165) is 12.8 Å². The minimum absolute atomic E-state index is 0.159. The first-order valence-electron chi connectivity index (χ1n) is 4.33. The Morgan fingerprint density at radius 3 is 2.45 bits per heavy atom. The molecule has 0 saturated heterocycles. The zero-order valence-electron chi connectivity index (χ0n) is 7.61. The van der Waals surface area contributed by atoms with E-state index in [-0.39, 0.29) is 11.4 Å². The third-order valence-corrected chi connectivity index (χ3v) is 2.03. The number of nitrogens with one attached hydrogen (secondary N) is 1. The number of rotatable bonds is 3. The predicted octanol–water partition coefficient (Wildman–Crippen LogP) is 1.70. The molecule has 0 heterocycles. The molecule has 1 saturated carbocycles. The van der Waals surface area contributed by atoms with Crippen LogP contribution in [-0.2, 0) is 4.79 Å². The third-order valence-electron chi connectivity index (χ3n) is 2.03. The van der Waals surface area contributed by atoms with Crippen molar-refractivity contribution in [3.8, 4) is 0 Å². The van der Waals surface area contributed by atoms with Crippen molar-refractivity contribution in [2.45, 2.75) is 45.6 Å². The van der Waals surface area contributed by atoms with E-state index in [0.29, 0.717) is 12.3 Å². The molecule has 0 unspecified atom stereocenters. The van der Waals surface area contributed by atoms with Gasteiger partial charge in [0.2, 0.25) is 5.91 Å². The standard InChI is InChI=1S/C9H17NO/c1-7(2)6-8(11)10-9(3)4-5-9/h7H,4-6H2,1-3H3,(H,10,11). The molecular formula is C9H17NO. The lowest BCUT2D eigenvalue weighted by atomic mass is 10.1. The molecular weight excluding hydrogens is 138 g/mol. The molecule has 2 heteroatoms. The first kappa shape index (κ1) is 8.57. The predicted molar refractivity (Wildman–Crippen MR) is 45.2 cm³/mol. The molecule has 0 aromatic heterocycles. The number of hydrogen-bond donors (Lipinski definition) is 1. The van der Waals surface area contributed by atoms with Crippen molar-refractivity contribution in [3.63, 3.8) is 0 Å². The number of hydrogen-bond acceptors (Lipinski definition) is 1. The maximum atomic E-state index is 11.2. The van der Waals surface area contributed by atoms with Crippen LogP contribution in [0.2, 0.25) is 0 Å². The minimum Gasteiger partial charge on any atom is -0.351 e. The SMILES string of the molecule is CC(C)CC(=O)NC1(C)CC1. The summed E-state index contributed by atoms with van der Waals surface area (Å²) >= 11 is 0. The van der Waals surface area contributed by atoms with E-state index in [9.17, 15) is 4.79 Å². The Morgan fingerprint density at radius 2 is 2.09 bits per heavy atom. The Labute approximate surface area is 68.4 Å². The number of carbonyl (C=O) groups excluding carboxylic acids is 1. The minimum atomic E-state index is 0.159. The van der Waals surface area contributed by atoms with Crippen molar-refractivity contribution in [2.75, 3.05) is 0 Å². The zero-order chi connectivity index (χ0) is 8.48. The van der Waals surface area contributed by atoms with Gasteiger partial charge in [0.05, 0.1) is 0 Å². The molecule has 0 aromatic carbocycles. The van der Waals surface area contributed by atoms with E-state index < -0.39 is 0 Å². The largest absolute Gasteiger partial charge is 0.351 e. The topological polar surface area (TPSA) is 29.1 Å². The fourth-order valence-electron chi connectivity index (χ4n) is 1.07. The molecule has 11 heavy (non-hydrogen) atoms. The summed E-state index contributed by atoms with van der Waals surface area (Å²) in [6.07, 6.45) is 2.96. The van der Waals surface area contributed by atoms with Crippen LogP contribution >= 0.6 is 0 Å². The highest BCUT2D eigenvalue weighted by Crippen LogP contribution is 2.34. The van der Waals surface area contributed by atoms with Gasteiger partial charge >= 0.3 is 0 Å². The normalized spacial score (nSPS) is 20.0. The van der Waals surface area contributed by atoms with Gasteiger partial charge in [-0.1, -0.05) is 13.8 Å². The van der Waals surface area contributed by atoms with Crippen LogP contribution in [0.25, 0.3) is 0 Å². The maximum absolute atomic E-state index is 11.2. The second-order valence-electron chi connectivity index (χ2n) is 4.21. The summed E-state index contributed by atoms with van der Waals surface area (Å²) in [5.74, 6) is 0.678. The van der Waals surface area contributed by atoms with Gasteiger partial charge < -0.3 is 5.32 Å². The molecule has 1 amide bonds. The molecule has 2 nitrogen and oxygen atoms in total. The summed E-state index contributed by atoms with van der Waals surface area (Å²) < 4.78 is 0. The van der Waals surface area contributed by atoms with Crippen LogP contribution in [0.5, 0.6) is 0 Å². The van der Waals surface area contributed by atoms with Crippen molar-refractivity contribution in [1.82, 2.24) is 5.32 Å². The molecule has 0 aliphatic heterocycles. The van der Waals surface area contributed by atoms with Crippen LogP contribution in [0, 0.1) is 5.92 Å². The Kier molecular flexibility index (Phi) is 2.21. The highest BCUT2D eigenvalue weighted by atomic mass is 16.1. The summed E-state index contributed by atoms with van der Waals surface area (Å²) in [7, 11) is 0. The molecule has 0 aromatic rings. The molecule has 0 bridgehead atoms. The van der Waals surface area contributed by atoms with Crippen LogP contribution in [0.1, 0.15) is 40.0 Å². The third kappa shape index (κ3) is 2.91. The first-order valence-corrected chi connectivity index (χ1v) is 4.33. The summed E-state index contributed by atoms with van der Waals surface area (Å²) in [4.78, 5) is 11.2. The van der Waals surface area contributed by atoms with E-state index in [2.05, 4.69) is 26.1 Å². The average molecular weight is 155 g/mol.